The molecule has 308 valence electrons. The lowest BCUT2D eigenvalue weighted by atomic mass is 9.92. The fraction of sp³-hybridized carbons (Fsp3) is 0.667. The molecule has 4 rings (SSSR count). The Balaban J connectivity index is 1.20. The maximum Gasteiger partial charge on any atom is 0.472 e. The Morgan fingerprint density at radius 1 is 0.911 bits per heavy atom. The summed E-state index contributed by atoms with van der Waals surface area (Å²) in [6, 6.07) is 11.3. The third-order valence-corrected chi connectivity index (χ3v) is 10.9. The number of hydrogen-bond acceptors (Lipinski definition) is 14. The number of hydrogen-bond donors (Lipinski definition) is 4. The van der Waals surface area contributed by atoms with E-state index in [-0.39, 0.29) is 30.5 Å². The Morgan fingerprint density at radius 2 is 1.55 bits per heavy atom. The molecule has 1 aliphatic heterocycles. The Labute approximate surface area is 329 Å². The van der Waals surface area contributed by atoms with E-state index in [4.69, 9.17) is 34.3 Å². The molecule has 1 unspecified atom stereocenters. The minimum Gasteiger partial charge on any atom is -0.474 e. The zero-order valence-corrected chi connectivity index (χ0v) is 33.3. The molecule has 0 aliphatic carbocycles. The van der Waals surface area contributed by atoms with Crippen LogP contribution in [0, 0.1) is 22.7 Å². The van der Waals surface area contributed by atoms with Crippen LogP contribution in [0.3, 0.4) is 0 Å². The predicted molar refractivity (Wildman–Crippen MR) is 207 cm³/mol. The highest BCUT2D eigenvalue weighted by molar-refractivity contribution is 7.47. The van der Waals surface area contributed by atoms with Crippen LogP contribution in [0.1, 0.15) is 121 Å². The van der Waals surface area contributed by atoms with Gasteiger partial charge in [0.05, 0.1) is 30.1 Å². The molecule has 0 saturated carbocycles. The number of aliphatic hydroxyl groups excluding tert-OH is 2. The van der Waals surface area contributed by atoms with E-state index in [0.717, 1.165) is 19.3 Å². The Bertz CT molecular complexity index is 1730. The summed E-state index contributed by atoms with van der Waals surface area (Å²) in [5.74, 6) is 0.0579. The van der Waals surface area contributed by atoms with Crippen LogP contribution in [0.2, 0.25) is 0 Å². The van der Waals surface area contributed by atoms with Gasteiger partial charge in [-0.05, 0) is 30.7 Å². The van der Waals surface area contributed by atoms with Gasteiger partial charge >= 0.3 is 7.82 Å². The van der Waals surface area contributed by atoms with Crippen molar-refractivity contribution in [2.45, 2.75) is 140 Å². The molecule has 1 aliphatic rings. The zero-order chi connectivity index (χ0) is 40.2. The molecule has 5 N–H and O–H groups in total. The Hall–Kier alpha value is -3.70. The fourth-order valence-electron chi connectivity index (χ4n) is 6.73. The summed E-state index contributed by atoms with van der Waals surface area (Å²) in [7, 11) is -4.86. The molecule has 6 atom stereocenters. The first kappa shape index (κ1) is 45.0. The van der Waals surface area contributed by atoms with Crippen molar-refractivity contribution in [3.63, 3.8) is 0 Å². The van der Waals surface area contributed by atoms with E-state index in [9.17, 15) is 24.9 Å². The number of nitrogens with two attached hydrogens (primary N) is 1. The molecule has 4 heterocycles. The summed E-state index contributed by atoms with van der Waals surface area (Å²) in [5, 5.41) is 52.7. The quantitative estimate of drug-likeness (QED) is 0.0467. The maximum absolute atomic E-state index is 13.2. The molecule has 0 spiro atoms. The third-order valence-electron chi connectivity index (χ3n) is 9.89. The molecule has 1 saturated heterocycles. The lowest BCUT2D eigenvalue weighted by molar-refractivity contribution is -0.0669. The molecule has 3 aromatic rings. The van der Waals surface area contributed by atoms with Crippen molar-refractivity contribution in [2.75, 3.05) is 32.2 Å². The average molecular weight is 800 g/mol. The normalized spacial score (nSPS) is 21.1. The van der Waals surface area contributed by atoms with Crippen molar-refractivity contribution in [3.05, 3.63) is 47.9 Å². The first-order chi connectivity index (χ1) is 27.1. The van der Waals surface area contributed by atoms with Gasteiger partial charge in [0.25, 0.3) is 0 Å². The number of unbranched alkanes of at least 4 members (excludes halogenated alkanes) is 15. The van der Waals surface area contributed by atoms with Crippen molar-refractivity contribution in [3.8, 4) is 18.0 Å². The minimum absolute atomic E-state index is 0.0579. The number of aromatic nitrogens is 4. The summed E-state index contributed by atoms with van der Waals surface area (Å²) < 4.78 is 42.4. The molecule has 0 radical (unpaired) electrons. The largest absolute Gasteiger partial charge is 0.474 e. The van der Waals surface area contributed by atoms with Crippen molar-refractivity contribution in [1.82, 2.24) is 19.8 Å². The van der Waals surface area contributed by atoms with Crippen LogP contribution in [0.15, 0.2) is 36.5 Å². The minimum atomic E-state index is -4.86. The summed E-state index contributed by atoms with van der Waals surface area (Å²) >= 11 is 0. The lowest BCUT2D eigenvalue weighted by Crippen LogP contribution is -2.41. The van der Waals surface area contributed by atoms with E-state index < -0.39 is 44.4 Å². The molecule has 3 aromatic heterocycles. The van der Waals surface area contributed by atoms with E-state index in [2.05, 4.69) is 22.2 Å². The SMILES string of the molecule is CCCCCCCCCCCCCCCCCCOC[C@H](COc1ccc(C#N)nn1)OP(=O)(O)OC[C@H]1O[C@@](C#N)(c2ccc3c(N)ccnn23)[C@H](O)[C@@H]1O. The lowest BCUT2D eigenvalue weighted by Gasteiger charge is -2.24. The van der Waals surface area contributed by atoms with Gasteiger partial charge < -0.3 is 35.1 Å². The summed E-state index contributed by atoms with van der Waals surface area (Å²) in [4.78, 5) is 10.7. The van der Waals surface area contributed by atoms with Crippen LogP contribution in [-0.2, 0) is 28.7 Å². The molecule has 0 bridgehead atoms. The van der Waals surface area contributed by atoms with Gasteiger partial charge in [-0.15, -0.1) is 10.2 Å². The van der Waals surface area contributed by atoms with Gasteiger partial charge in [0, 0.05) is 18.9 Å². The van der Waals surface area contributed by atoms with E-state index >= 15 is 0 Å². The Morgan fingerprint density at radius 3 is 2.14 bits per heavy atom. The third kappa shape index (κ3) is 13.5. The highest BCUT2D eigenvalue weighted by atomic mass is 31.2. The van der Waals surface area contributed by atoms with Crippen molar-refractivity contribution in [2.24, 2.45) is 0 Å². The van der Waals surface area contributed by atoms with Gasteiger partial charge in [-0.25, -0.2) is 9.08 Å². The van der Waals surface area contributed by atoms with Gasteiger partial charge in [-0.3, -0.25) is 9.05 Å². The molecule has 0 amide bonds. The topological polar surface area (TPSA) is 241 Å². The molecule has 56 heavy (non-hydrogen) atoms. The molecule has 17 heteroatoms. The number of fused-ring (bicyclic) bond motifs is 1. The van der Waals surface area contributed by atoms with Crippen LogP contribution in [0.25, 0.3) is 5.52 Å². The van der Waals surface area contributed by atoms with Gasteiger partial charge in [-0.2, -0.15) is 15.6 Å². The average Bonchev–Trinajstić information content (AvgIpc) is 3.75. The number of aliphatic hydroxyl groups is 2. The number of ether oxygens (including phenoxy) is 3. The first-order valence-electron chi connectivity index (χ1n) is 19.9. The van der Waals surface area contributed by atoms with Gasteiger partial charge in [0.1, 0.15) is 43.2 Å². The molecule has 16 nitrogen and oxygen atoms in total. The molecular weight excluding hydrogens is 741 g/mol. The summed E-state index contributed by atoms with van der Waals surface area (Å²) in [5.41, 5.74) is 4.93. The monoisotopic (exact) mass is 799 g/mol. The van der Waals surface area contributed by atoms with Crippen LogP contribution < -0.4 is 10.5 Å². The van der Waals surface area contributed by atoms with Crippen LogP contribution in [0.5, 0.6) is 5.88 Å². The standard InChI is InChI=1S/C39H58N7O9P/c1-2-3-4-5-6-7-8-9-10-11-12-13-14-15-16-17-24-51-26-31(27-52-36-21-18-30(25-40)44-45-36)55-56(49,50)53-28-34-37(47)38(48)39(29-41,54-34)35-20-19-33-32(42)22-23-43-46(33)35/h18-23,31,34,37-38,47-48H,2-17,24,26-28,42H2,1H3,(H,49,50)/t31-,34-,37-,38-,39+/m1/s1. The summed E-state index contributed by atoms with van der Waals surface area (Å²) in [6.07, 6.45) is 15.5. The number of anilines is 1. The number of nitriles is 2. The van der Waals surface area contributed by atoms with Crippen molar-refractivity contribution >= 4 is 19.0 Å². The van der Waals surface area contributed by atoms with Crippen LogP contribution >= 0.6 is 7.82 Å². The van der Waals surface area contributed by atoms with Gasteiger partial charge in [0.15, 0.2) is 5.69 Å². The highest BCUT2D eigenvalue weighted by Gasteiger charge is 2.58. The Kier molecular flexibility index (Phi) is 18.9. The summed E-state index contributed by atoms with van der Waals surface area (Å²) in [6.45, 7) is 1.54. The van der Waals surface area contributed by atoms with Crippen LogP contribution in [-0.4, -0.2) is 85.8 Å². The second kappa shape index (κ2) is 23.5. The van der Waals surface area contributed by atoms with Gasteiger partial charge in [0.2, 0.25) is 11.5 Å². The molecular formula is C39H58N7O9P. The maximum atomic E-state index is 13.2. The molecule has 1 fully saturated rings. The number of phosphoric acid groups is 1. The number of nitrogen functional groups attached to an aromatic ring is 1. The second-order valence-corrected chi connectivity index (χ2v) is 15.7. The van der Waals surface area contributed by atoms with E-state index in [1.807, 2.05) is 12.1 Å². The highest BCUT2D eigenvalue weighted by Crippen LogP contribution is 2.47. The van der Waals surface area contributed by atoms with E-state index in [1.165, 1.54) is 112 Å². The number of phosphoric ester groups is 1. The van der Waals surface area contributed by atoms with E-state index in [0.29, 0.717) is 17.8 Å². The van der Waals surface area contributed by atoms with Crippen LogP contribution in [0.4, 0.5) is 5.69 Å². The number of rotatable bonds is 28. The fourth-order valence-corrected chi connectivity index (χ4v) is 7.63. The zero-order valence-electron chi connectivity index (χ0n) is 32.4. The van der Waals surface area contributed by atoms with Crippen molar-refractivity contribution < 1.29 is 42.9 Å². The van der Waals surface area contributed by atoms with E-state index in [1.54, 1.807) is 12.1 Å². The molecule has 0 aromatic carbocycles. The first-order valence-corrected chi connectivity index (χ1v) is 21.4. The second-order valence-electron chi connectivity index (χ2n) is 14.3. The predicted octanol–water partition coefficient (Wildman–Crippen LogP) is 6.28. The number of nitrogens with zero attached hydrogens (tertiary/aromatic N) is 6. The smallest absolute Gasteiger partial charge is 0.472 e. The van der Waals surface area contributed by atoms with Gasteiger partial charge in [-0.1, -0.05) is 103 Å². The van der Waals surface area contributed by atoms with Crippen molar-refractivity contribution in [1.29, 1.82) is 10.5 Å².